The molecule has 0 aliphatic rings. The number of anilines is 1. The fourth-order valence-electron chi connectivity index (χ4n) is 2.05. The average molecular weight is 471 g/mol. The number of rotatable bonds is 6. The van der Waals surface area contributed by atoms with Crippen molar-refractivity contribution in [2.75, 3.05) is 5.32 Å². The van der Waals surface area contributed by atoms with Crippen LogP contribution < -0.4 is 10.6 Å². The summed E-state index contributed by atoms with van der Waals surface area (Å²) in [5, 5.41) is 25.7. The monoisotopic (exact) mass is 471 g/mol. The van der Waals surface area contributed by atoms with Gasteiger partial charge in [0.2, 0.25) is 0 Å². The molecule has 0 aliphatic heterocycles. The van der Waals surface area contributed by atoms with Gasteiger partial charge >= 0.3 is 5.97 Å². The lowest BCUT2D eigenvalue weighted by molar-refractivity contribution is -0.384. The van der Waals surface area contributed by atoms with E-state index in [2.05, 4.69) is 33.2 Å². The second-order valence-corrected chi connectivity index (χ2v) is 6.78. The van der Waals surface area contributed by atoms with Crippen molar-refractivity contribution in [3.63, 3.8) is 0 Å². The molecular weight excluding hydrogens is 457 g/mol. The molecule has 1 atom stereocenters. The summed E-state index contributed by atoms with van der Waals surface area (Å²) < 4.78 is 1.07. The minimum atomic E-state index is -1.02. The van der Waals surface area contributed by atoms with Crippen LogP contribution in [0.2, 0.25) is 0 Å². The molecule has 0 bridgehead atoms. The van der Waals surface area contributed by atoms with Crippen molar-refractivity contribution >= 4 is 57.3 Å². The van der Waals surface area contributed by atoms with Crippen molar-refractivity contribution in [3.8, 4) is 0 Å². The van der Waals surface area contributed by atoms with Gasteiger partial charge in [-0.2, -0.15) is 0 Å². The van der Waals surface area contributed by atoms with Crippen LogP contribution in [0.15, 0.2) is 48.5 Å². The highest BCUT2D eigenvalue weighted by molar-refractivity contribution is 14.1. The Morgan fingerprint density at radius 2 is 1.80 bits per heavy atom. The number of aliphatic carboxylic acids is 1. The predicted molar refractivity (Wildman–Crippen MR) is 107 cm³/mol. The number of benzene rings is 2. The van der Waals surface area contributed by atoms with Crippen LogP contribution in [0, 0.1) is 13.7 Å². The van der Waals surface area contributed by atoms with Gasteiger partial charge < -0.3 is 15.7 Å². The molecule has 0 aliphatic carbocycles. The van der Waals surface area contributed by atoms with Gasteiger partial charge in [0.25, 0.3) is 5.69 Å². The van der Waals surface area contributed by atoms with Gasteiger partial charge in [0.1, 0.15) is 6.04 Å². The summed E-state index contributed by atoms with van der Waals surface area (Å²) in [6, 6.07) is 12.3. The number of hydrogen-bond acceptors (Lipinski definition) is 4. The van der Waals surface area contributed by atoms with E-state index >= 15 is 0 Å². The maximum Gasteiger partial charge on any atom is 0.326 e. The van der Waals surface area contributed by atoms with Crippen LogP contribution in [0.25, 0.3) is 0 Å². The quantitative estimate of drug-likeness (QED) is 0.257. The number of halogens is 1. The Morgan fingerprint density at radius 1 is 1.20 bits per heavy atom. The van der Waals surface area contributed by atoms with E-state index < -0.39 is 16.9 Å². The lowest BCUT2D eigenvalue weighted by Gasteiger charge is -2.17. The molecule has 2 aromatic rings. The number of non-ortho nitro benzene ring substituents is 1. The zero-order chi connectivity index (χ0) is 18.4. The van der Waals surface area contributed by atoms with Crippen LogP contribution in [-0.2, 0) is 11.2 Å². The van der Waals surface area contributed by atoms with E-state index in [9.17, 15) is 20.0 Å². The van der Waals surface area contributed by atoms with Crippen molar-refractivity contribution in [1.29, 1.82) is 0 Å². The standard InChI is InChI=1S/C16H14IN3O4S/c17-11-3-1-10(2-4-11)9-14(15(21)22)19-16(25)18-12-5-7-13(8-6-12)20(23)24/h1-8,14H,9H2,(H,21,22)(H2,18,19,25). The van der Waals surface area contributed by atoms with Gasteiger partial charge in [-0.05, 0) is 64.6 Å². The maximum atomic E-state index is 11.5. The van der Waals surface area contributed by atoms with E-state index in [0.717, 1.165) is 9.13 Å². The highest BCUT2D eigenvalue weighted by Gasteiger charge is 2.19. The predicted octanol–water partition coefficient (Wildman–Crippen LogP) is 3.18. The fourth-order valence-corrected chi connectivity index (χ4v) is 2.67. The summed E-state index contributed by atoms with van der Waals surface area (Å²) in [4.78, 5) is 21.6. The third kappa shape index (κ3) is 5.94. The van der Waals surface area contributed by atoms with Crippen LogP contribution in [-0.4, -0.2) is 27.2 Å². The molecule has 0 saturated heterocycles. The normalized spacial score (nSPS) is 11.4. The van der Waals surface area contributed by atoms with Gasteiger partial charge in [0, 0.05) is 27.8 Å². The number of nitro benzene ring substituents is 1. The first kappa shape index (κ1) is 19.1. The van der Waals surface area contributed by atoms with Gasteiger partial charge in [-0.25, -0.2) is 4.79 Å². The van der Waals surface area contributed by atoms with Crippen molar-refractivity contribution < 1.29 is 14.8 Å². The largest absolute Gasteiger partial charge is 0.480 e. The summed E-state index contributed by atoms with van der Waals surface area (Å²) >= 11 is 7.31. The van der Waals surface area contributed by atoms with Gasteiger partial charge in [0.15, 0.2) is 5.11 Å². The molecular formula is C16H14IN3O4S. The van der Waals surface area contributed by atoms with E-state index in [1.54, 1.807) is 0 Å². The number of nitrogens with one attached hydrogen (secondary N) is 2. The summed E-state index contributed by atoms with van der Waals surface area (Å²) in [5.74, 6) is -1.02. The molecule has 0 amide bonds. The number of thiocarbonyl (C=S) groups is 1. The number of nitro groups is 1. The molecule has 2 rings (SSSR count). The molecule has 0 spiro atoms. The molecule has 0 aromatic heterocycles. The summed E-state index contributed by atoms with van der Waals surface area (Å²) in [5.41, 5.74) is 1.37. The Morgan fingerprint density at radius 3 is 2.32 bits per heavy atom. The van der Waals surface area contributed by atoms with Crippen LogP contribution in [0.3, 0.4) is 0 Å². The minimum Gasteiger partial charge on any atom is -0.480 e. The van der Waals surface area contributed by atoms with Crippen LogP contribution in [0.1, 0.15) is 5.56 Å². The SMILES string of the molecule is O=C(O)C(Cc1ccc(I)cc1)NC(=S)Nc1ccc([N+](=O)[O-])cc1. The molecule has 1 unspecified atom stereocenters. The van der Waals surface area contributed by atoms with Crippen LogP contribution >= 0.6 is 34.8 Å². The van der Waals surface area contributed by atoms with Gasteiger partial charge in [0.05, 0.1) is 4.92 Å². The molecule has 0 heterocycles. The smallest absolute Gasteiger partial charge is 0.326 e. The molecule has 0 radical (unpaired) electrons. The van der Waals surface area contributed by atoms with Gasteiger partial charge in [-0.3, -0.25) is 10.1 Å². The third-order valence-corrected chi connectivity index (χ3v) is 4.23. The number of carboxylic acid groups (broad SMARTS) is 1. The maximum absolute atomic E-state index is 11.5. The van der Waals surface area contributed by atoms with E-state index in [1.165, 1.54) is 24.3 Å². The van der Waals surface area contributed by atoms with E-state index in [1.807, 2.05) is 24.3 Å². The minimum absolute atomic E-state index is 0.0356. The second kappa shape index (κ2) is 8.72. The molecule has 7 nitrogen and oxygen atoms in total. The van der Waals surface area contributed by atoms with Crippen LogP contribution in [0.4, 0.5) is 11.4 Å². The number of nitrogens with zero attached hydrogens (tertiary/aromatic N) is 1. The summed E-state index contributed by atoms with van der Waals surface area (Å²) in [7, 11) is 0. The first-order valence-corrected chi connectivity index (χ1v) is 8.63. The van der Waals surface area contributed by atoms with Gasteiger partial charge in [-0.15, -0.1) is 0 Å². The average Bonchev–Trinajstić information content (AvgIpc) is 2.56. The summed E-state index contributed by atoms with van der Waals surface area (Å²) in [6.07, 6.45) is 0.272. The summed E-state index contributed by atoms with van der Waals surface area (Å²) in [6.45, 7) is 0. The van der Waals surface area contributed by atoms with Crippen molar-refractivity contribution in [2.24, 2.45) is 0 Å². The highest BCUT2D eigenvalue weighted by Crippen LogP contribution is 2.15. The second-order valence-electron chi connectivity index (χ2n) is 5.12. The lowest BCUT2D eigenvalue weighted by Crippen LogP contribution is -2.44. The lowest BCUT2D eigenvalue weighted by atomic mass is 10.1. The van der Waals surface area contributed by atoms with Crippen molar-refractivity contribution in [3.05, 3.63) is 67.8 Å². The van der Waals surface area contributed by atoms with E-state index in [4.69, 9.17) is 12.2 Å². The number of carboxylic acids is 1. The molecule has 0 saturated carbocycles. The van der Waals surface area contributed by atoms with Crippen molar-refractivity contribution in [1.82, 2.24) is 5.32 Å². The molecule has 130 valence electrons. The Bertz CT molecular complexity index is 781. The highest BCUT2D eigenvalue weighted by atomic mass is 127. The Balaban J connectivity index is 1.98. The zero-order valence-electron chi connectivity index (χ0n) is 12.8. The molecule has 0 fully saturated rings. The fraction of sp³-hybridized carbons (Fsp3) is 0.125. The molecule has 3 N–H and O–H groups in total. The van der Waals surface area contributed by atoms with Crippen LogP contribution in [0.5, 0.6) is 0 Å². The number of carbonyl (C=O) groups is 1. The first-order valence-electron chi connectivity index (χ1n) is 7.14. The molecule has 25 heavy (non-hydrogen) atoms. The Kier molecular flexibility index (Phi) is 6.65. The Hall–Kier alpha value is -2.27. The molecule has 2 aromatic carbocycles. The Labute approximate surface area is 162 Å². The first-order chi connectivity index (χ1) is 11.8. The van der Waals surface area contributed by atoms with E-state index in [-0.39, 0.29) is 17.2 Å². The van der Waals surface area contributed by atoms with Crippen molar-refractivity contribution in [2.45, 2.75) is 12.5 Å². The number of hydrogen-bond donors (Lipinski definition) is 3. The van der Waals surface area contributed by atoms with Gasteiger partial charge in [-0.1, -0.05) is 12.1 Å². The third-order valence-electron chi connectivity index (χ3n) is 3.29. The molecule has 9 heteroatoms. The zero-order valence-corrected chi connectivity index (χ0v) is 15.8. The topological polar surface area (TPSA) is 104 Å². The van der Waals surface area contributed by atoms with E-state index in [0.29, 0.717) is 5.69 Å².